The van der Waals surface area contributed by atoms with Crippen LogP contribution in [-0.4, -0.2) is 24.6 Å². The zero-order chi connectivity index (χ0) is 15.2. The Morgan fingerprint density at radius 3 is 2.86 bits per heavy atom. The Balaban J connectivity index is 1.97. The van der Waals surface area contributed by atoms with Gasteiger partial charge in [0, 0.05) is 6.04 Å². The fourth-order valence-corrected chi connectivity index (χ4v) is 2.95. The van der Waals surface area contributed by atoms with Gasteiger partial charge in [0.2, 0.25) is 0 Å². The van der Waals surface area contributed by atoms with Crippen LogP contribution in [0.25, 0.3) is 0 Å². The van der Waals surface area contributed by atoms with Gasteiger partial charge in [-0.3, -0.25) is 4.79 Å². The highest BCUT2D eigenvalue weighted by Crippen LogP contribution is 2.25. The first-order valence-corrected chi connectivity index (χ1v) is 7.88. The van der Waals surface area contributed by atoms with Crippen LogP contribution in [-0.2, 0) is 4.79 Å². The van der Waals surface area contributed by atoms with Gasteiger partial charge in [0.15, 0.2) is 6.10 Å². The smallest absolute Gasteiger partial charge is 0.261 e. The number of amides is 1. The summed E-state index contributed by atoms with van der Waals surface area (Å²) in [6.45, 7) is 4.60. The normalized spacial score (nSPS) is 22.8. The molecule has 0 saturated heterocycles. The van der Waals surface area contributed by atoms with Crippen LogP contribution in [0.15, 0.2) is 24.3 Å². The highest BCUT2D eigenvalue weighted by molar-refractivity contribution is 5.81. The van der Waals surface area contributed by atoms with E-state index in [2.05, 4.69) is 5.32 Å². The van der Waals surface area contributed by atoms with Gasteiger partial charge >= 0.3 is 0 Å². The van der Waals surface area contributed by atoms with Gasteiger partial charge in [-0.2, -0.15) is 0 Å². The molecule has 1 aromatic rings. The molecule has 3 N–H and O–H groups in total. The molecule has 0 radical (unpaired) electrons. The van der Waals surface area contributed by atoms with Gasteiger partial charge in [-0.15, -0.1) is 0 Å². The van der Waals surface area contributed by atoms with Gasteiger partial charge < -0.3 is 15.8 Å². The van der Waals surface area contributed by atoms with Crippen LogP contribution in [0.4, 0.5) is 0 Å². The summed E-state index contributed by atoms with van der Waals surface area (Å²) in [5.41, 5.74) is 6.82. The molecule has 1 fully saturated rings. The summed E-state index contributed by atoms with van der Waals surface area (Å²) in [6.07, 6.45) is 3.48. The van der Waals surface area contributed by atoms with E-state index in [1.165, 1.54) is 0 Å². The quantitative estimate of drug-likeness (QED) is 0.845. The zero-order valence-electron chi connectivity index (χ0n) is 13.0. The molecule has 1 aliphatic rings. The molecule has 1 aromatic carbocycles. The number of hydrogen-bond acceptors (Lipinski definition) is 3. The van der Waals surface area contributed by atoms with Crippen molar-refractivity contribution in [2.75, 3.05) is 6.54 Å². The van der Waals surface area contributed by atoms with Crippen molar-refractivity contribution in [1.29, 1.82) is 0 Å². The molecule has 0 aromatic heterocycles. The van der Waals surface area contributed by atoms with Crippen molar-refractivity contribution in [2.24, 2.45) is 11.7 Å². The largest absolute Gasteiger partial charge is 0.480 e. The van der Waals surface area contributed by atoms with Crippen molar-refractivity contribution in [3.05, 3.63) is 29.8 Å². The molecule has 2 rings (SSSR count). The number of hydrogen-bond donors (Lipinski definition) is 2. The van der Waals surface area contributed by atoms with Crippen LogP contribution in [0.3, 0.4) is 0 Å². The van der Waals surface area contributed by atoms with Crippen LogP contribution in [0.5, 0.6) is 5.75 Å². The third-order valence-corrected chi connectivity index (χ3v) is 4.32. The predicted molar refractivity (Wildman–Crippen MR) is 84.2 cm³/mol. The zero-order valence-corrected chi connectivity index (χ0v) is 13.0. The fourth-order valence-electron chi connectivity index (χ4n) is 2.95. The maximum atomic E-state index is 12.4. The van der Waals surface area contributed by atoms with Gasteiger partial charge in [-0.1, -0.05) is 31.5 Å². The predicted octanol–water partition coefficient (Wildman–Crippen LogP) is 2.40. The van der Waals surface area contributed by atoms with Crippen LogP contribution in [0, 0.1) is 12.8 Å². The second-order valence-electron chi connectivity index (χ2n) is 5.82. The third-order valence-electron chi connectivity index (χ3n) is 4.32. The molecule has 4 nitrogen and oxygen atoms in total. The second kappa shape index (κ2) is 7.46. The molecule has 1 saturated carbocycles. The van der Waals surface area contributed by atoms with Gasteiger partial charge in [-0.05, 0) is 50.3 Å². The van der Waals surface area contributed by atoms with E-state index in [-0.39, 0.29) is 11.9 Å². The minimum absolute atomic E-state index is 0.0221. The van der Waals surface area contributed by atoms with Crippen molar-refractivity contribution in [3.63, 3.8) is 0 Å². The van der Waals surface area contributed by atoms with E-state index < -0.39 is 6.10 Å². The van der Waals surface area contributed by atoms with Crippen molar-refractivity contribution < 1.29 is 9.53 Å². The monoisotopic (exact) mass is 290 g/mol. The maximum Gasteiger partial charge on any atom is 0.261 e. The molecular weight excluding hydrogens is 264 g/mol. The minimum atomic E-state index is -0.440. The van der Waals surface area contributed by atoms with Crippen molar-refractivity contribution in [2.45, 2.75) is 51.7 Å². The third kappa shape index (κ3) is 3.97. The van der Waals surface area contributed by atoms with Crippen molar-refractivity contribution in [1.82, 2.24) is 5.32 Å². The molecule has 3 unspecified atom stereocenters. The summed E-state index contributed by atoms with van der Waals surface area (Å²) in [5.74, 6) is 1.16. The molecule has 1 aliphatic carbocycles. The van der Waals surface area contributed by atoms with Crippen LogP contribution < -0.4 is 15.8 Å². The van der Waals surface area contributed by atoms with Crippen molar-refractivity contribution in [3.8, 4) is 5.75 Å². The molecule has 0 bridgehead atoms. The number of nitrogens with one attached hydrogen (secondary N) is 1. The average Bonchev–Trinajstić information content (AvgIpc) is 2.93. The van der Waals surface area contributed by atoms with Crippen LogP contribution >= 0.6 is 0 Å². The van der Waals surface area contributed by atoms with Gasteiger partial charge in [0.25, 0.3) is 5.91 Å². The maximum absolute atomic E-state index is 12.4. The second-order valence-corrected chi connectivity index (χ2v) is 5.82. The molecule has 1 amide bonds. The first-order valence-electron chi connectivity index (χ1n) is 7.88. The summed E-state index contributed by atoms with van der Waals surface area (Å²) in [7, 11) is 0. The molecular formula is C17H26N2O2. The first kappa shape index (κ1) is 15.8. The first-order chi connectivity index (χ1) is 10.2. The molecule has 0 spiro atoms. The lowest BCUT2D eigenvalue weighted by atomic mass is 10.0. The number of aryl methyl sites for hydroxylation is 1. The van der Waals surface area contributed by atoms with Gasteiger partial charge in [0.1, 0.15) is 5.75 Å². The Morgan fingerprint density at radius 1 is 1.43 bits per heavy atom. The van der Waals surface area contributed by atoms with E-state index in [4.69, 9.17) is 10.5 Å². The van der Waals surface area contributed by atoms with Gasteiger partial charge in [-0.25, -0.2) is 0 Å². The Morgan fingerprint density at radius 2 is 2.19 bits per heavy atom. The summed E-state index contributed by atoms with van der Waals surface area (Å²) in [6, 6.07) is 7.99. The number of benzene rings is 1. The molecule has 0 aliphatic heterocycles. The number of carbonyl (C=O) groups is 1. The van der Waals surface area contributed by atoms with E-state index in [0.29, 0.717) is 18.9 Å². The lowest BCUT2D eigenvalue weighted by Gasteiger charge is -2.24. The molecule has 4 heteroatoms. The Hall–Kier alpha value is -1.55. The minimum Gasteiger partial charge on any atom is -0.480 e. The lowest BCUT2D eigenvalue weighted by Crippen LogP contribution is -2.46. The number of rotatable bonds is 6. The number of para-hydroxylation sites is 1. The SMILES string of the molecule is CCC(Oc1ccccc1C)C(=O)NC1CCCC1CN. The summed E-state index contributed by atoms with van der Waals surface area (Å²) >= 11 is 0. The number of nitrogens with two attached hydrogens (primary N) is 1. The van der Waals surface area contributed by atoms with Crippen molar-refractivity contribution >= 4 is 5.91 Å². The lowest BCUT2D eigenvalue weighted by molar-refractivity contribution is -0.129. The van der Waals surface area contributed by atoms with Crippen LogP contribution in [0.2, 0.25) is 0 Å². The fraction of sp³-hybridized carbons (Fsp3) is 0.588. The van der Waals surface area contributed by atoms with Gasteiger partial charge in [0.05, 0.1) is 0 Å². The average molecular weight is 290 g/mol. The molecule has 21 heavy (non-hydrogen) atoms. The Kier molecular flexibility index (Phi) is 5.62. The highest BCUT2D eigenvalue weighted by Gasteiger charge is 2.30. The summed E-state index contributed by atoms with van der Waals surface area (Å²) < 4.78 is 5.89. The van der Waals surface area contributed by atoms with E-state index in [0.717, 1.165) is 30.6 Å². The number of ether oxygens (including phenoxy) is 1. The molecule has 116 valence electrons. The van der Waals surface area contributed by atoms with E-state index in [1.54, 1.807) is 0 Å². The topological polar surface area (TPSA) is 64.3 Å². The standard InChI is InChI=1S/C17H26N2O2/c1-3-15(21-16-10-5-4-7-12(16)2)17(20)19-14-9-6-8-13(14)11-18/h4-5,7,10,13-15H,3,6,8-9,11,18H2,1-2H3,(H,19,20). The van der Waals surface area contributed by atoms with E-state index in [9.17, 15) is 4.79 Å². The van der Waals surface area contributed by atoms with E-state index >= 15 is 0 Å². The molecule has 0 heterocycles. The Labute approximate surface area is 127 Å². The number of carbonyl (C=O) groups excluding carboxylic acids is 1. The summed E-state index contributed by atoms with van der Waals surface area (Å²) in [5, 5.41) is 3.13. The van der Waals surface area contributed by atoms with Crippen LogP contribution in [0.1, 0.15) is 38.2 Å². The highest BCUT2D eigenvalue weighted by atomic mass is 16.5. The Bertz CT molecular complexity index is 476. The summed E-state index contributed by atoms with van der Waals surface area (Å²) in [4.78, 5) is 12.4. The van der Waals surface area contributed by atoms with E-state index in [1.807, 2.05) is 38.1 Å². The molecule has 3 atom stereocenters.